The largest absolute Gasteiger partial charge is 0.573 e. The summed E-state index contributed by atoms with van der Waals surface area (Å²) in [5.41, 5.74) is 2.45. The van der Waals surface area contributed by atoms with E-state index in [9.17, 15) is 13.2 Å². The van der Waals surface area contributed by atoms with Crippen LogP contribution < -0.4 is 4.74 Å². The monoisotopic (exact) mass is 406 g/mol. The minimum Gasteiger partial charge on any atom is -0.469 e. The van der Waals surface area contributed by atoms with Gasteiger partial charge in [0, 0.05) is 18.8 Å². The lowest BCUT2D eigenvalue weighted by atomic mass is 10.1. The van der Waals surface area contributed by atoms with E-state index in [1.807, 2.05) is 25.4 Å². The minimum atomic E-state index is -4.72. The zero-order valence-electron chi connectivity index (χ0n) is 15.3. The highest BCUT2D eigenvalue weighted by Gasteiger charge is 2.31. The van der Waals surface area contributed by atoms with E-state index in [0.29, 0.717) is 24.4 Å². The maximum atomic E-state index is 12.2. The number of oxime groups is 1. The summed E-state index contributed by atoms with van der Waals surface area (Å²) in [4.78, 5) is 9.86. The summed E-state index contributed by atoms with van der Waals surface area (Å²) in [5.74, 6) is 0.131. The molecule has 0 fully saturated rings. The number of benzene rings is 1. The molecule has 0 bridgehead atoms. The van der Waals surface area contributed by atoms with Gasteiger partial charge in [0.1, 0.15) is 11.9 Å². The van der Waals surface area contributed by atoms with Gasteiger partial charge in [0.15, 0.2) is 6.10 Å². The molecule has 2 aliphatic heterocycles. The zero-order chi connectivity index (χ0) is 20.4. The number of allylic oxidation sites excluding steroid dienone is 1. The number of aliphatic imine (C=N–C) groups is 1. The van der Waals surface area contributed by atoms with Crippen LogP contribution in [-0.4, -0.2) is 40.4 Å². The highest BCUT2D eigenvalue weighted by molar-refractivity contribution is 6.08. The second kappa shape index (κ2) is 7.61. The molecule has 2 unspecified atom stereocenters. The molecule has 0 spiro atoms. The average molecular weight is 406 g/mol. The molecule has 1 aromatic carbocycles. The number of halogens is 3. The predicted molar refractivity (Wildman–Crippen MR) is 97.6 cm³/mol. The number of dihydropyridines is 1. The van der Waals surface area contributed by atoms with E-state index in [0.717, 1.165) is 11.3 Å². The van der Waals surface area contributed by atoms with Crippen LogP contribution in [0.2, 0.25) is 0 Å². The predicted octanol–water partition coefficient (Wildman–Crippen LogP) is 3.54. The molecule has 10 heteroatoms. The highest BCUT2D eigenvalue weighted by atomic mass is 19.4. The smallest absolute Gasteiger partial charge is 0.469 e. The van der Waals surface area contributed by atoms with E-state index >= 15 is 0 Å². The van der Waals surface area contributed by atoms with Gasteiger partial charge >= 0.3 is 6.36 Å². The van der Waals surface area contributed by atoms with Crippen LogP contribution in [0.4, 0.5) is 13.2 Å². The second-order valence-corrected chi connectivity index (χ2v) is 6.54. The molecule has 0 radical (unpaired) electrons. The Morgan fingerprint density at radius 2 is 2.00 bits per heavy atom. The van der Waals surface area contributed by atoms with Crippen molar-refractivity contribution in [3.63, 3.8) is 0 Å². The fourth-order valence-electron chi connectivity index (χ4n) is 2.98. The lowest BCUT2D eigenvalue weighted by Gasteiger charge is -2.16. The number of hydrogen-bond donors (Lipinski definition) is 0. The Kier molecular flexibility index (Phi) is 4.99. The van der Waals surface area contributed by atoms with Crippen molar-refractivity contribution in [3.8, 4) is 5.75 Å². The van der Waals surface area contributed by atoms with E-state index in [4.69, 9.17) is 9.57 Å². The van der Waals surface area contributed by atoms with Gasteiger partial charge in [0.05, 0.1) is 24.9 Å². The second-order valence-electron chi connectivity index (χ2n) is 6.54. The van der Waals surface area contributed by atoms with Crippen molar-refractivity contribution in [2.24, 2.45) is 17.2 Å². The van der Waals surface area contributed by atoms with E-state index in [-0.39, 0.29) is 11.9 Å². The lowest BCUT2D eigenvalue weighted by Crippen LogP contribution is -2.22. The first-order valence-electron chi connectivity index (χ1n) is 8.82. The van der Waals surface area contributed by atoms with Crippen LogP contribution >= 0.6 is 0 Å². The Morgan fingerprint density at radius 1 is 1.21 bits per heavy atom. The van der Waals surface area contributed by atoms with Crippen LogP contribution in [0.1, 0.15) is 23.7 Å². The molecule has 2 aliphatic rings. The van der Waals surface area contributed by atoms with Crippen LogP contribution in [0, 0.1) is 0 Å². The van der Waals surface area contributed by atoms with Crippen molar-refractivity contribution in [1.29, 1.82) is 0 Å². The van der Waals surface area contributed by atoms with Gasteiger partial charge in [0.25, 0.3) is 0 Å². The molecule has 2 aromatic rings. The summed E-state index contributed by atoms with van der Waals surface area (Å²) in [5, 5.41) is 8.06. The maximum Gasteiger partial charge on any atom is 0.573 e. The molecule has 3 heterocycles. The molecule has 0 saturated carbocycles. The molecule has 0 N–H and O–H groups in total. The number of aryl methyl sites for hydroxylation is 1. The standard InChI is InChI=1S/C19H17F3N4O3/c1-26-11-13(9-24-26)16-7-6-15(10-23-16)27-18-8-17(29-25-18)12-2-4-14(5-3-12)28-19(20,21)22/h2-7,9,11,15,17H,8,10H2,1H3. The molecule has 7 nitrogen and oxygen atoms in total. The van der Waals surface area contributed by atoms with E-state index in [1.165, 1.54) is 24.3 Å². The third-order valence-electron chi connectivity index (χ3n) is 4.33. The van der Waals surface area contributed by atoms with Crippen molar-refractivity contribution < 1.29 is 27.5 Å². The summed E-state index contributed by atoms with van der Waals surface area (Å²) >= 11 is 0. The molecule has 29 heavy (non-hydrogen) atoms. The number of ether oxygens (including phenoxy) is 2. The van der Waals surface area contributed by atoms with Gasteiger partial charge in [-0.1, -0.05) is 17.3 Å². The number of hydrogen-bond acceptors (Lipinski definition) is 6. The van der Waals surface area contributed by atoms with Crippen molar-refractivity contribution in [1.82, 2.24) is 9.78 Å². The van der Waals surface area contributed by atoms with Gasteiger partial charge in [0.2, 0.25) is 5.90 Å². The Hall–Kier alpha value is -3.30. The normalized spacial score (nSPS) is 21.4. The first-order chi connectivity index (χ1) is 13.9. The minimum absolute atomic E-state index is 0.265. The number of aromatic nitrogens is 2. The quantitative estimate of drug-likeness (QED) is 0.779. The first-order valence-corrected chi connectivity index (χ1v) is 8.82. The molecule has 4 rings (SSSR count). The molecule has 0 saturated heterocycles. The van der Waals surface area contributed by atoms with Crippen molar-refractivity contribution in [2.45, 2.75) is 25.0 Å². The van der Waals surface area contributed by atoms with Crippen molar-refractivity contribution >= 4 is 11.6 Å². The Bertz CT molecular complexity index is 964. The number of nitrogens with zero attached hydrogens (tertiary/aromatic N) is 4. The highest BCUT2D eigenvalue weighted by Crippen LogP contribution is 2.30. The molecular weight excluding hydrogens is 389 g/mol. The molecule has 0 amide bonds. The summed E-state index contributed by atoms with van der Waals surface area (Å²) in [6.45, 7) is 0.438. The topological polar surface area (TPSA) is 70.2 Å². The fraction of sp³-hybridized carbons (Fsp3) is 0.316. The fourth-order valence-corrected chi connectivity index (χ4v) is 2.98. The van der Waals surface area contributed by atoms with Crippen LogP contribution in [0.5, 0.6) is 5.75 Å². The molecule has 152 valence electrons. The van der Waals surface area contributed by atoms with Crippen LogP contribution in [0.25, 0.3) is 0 Å². The number of rotatable bonds is 4. The van der Waals surface area contributed by atoms with Crippen LogP contribution in [-0.2, 0) is 16.6 Å². The first kappa shape index (κ1) is 19.0. The average Bonchev–Trinajstić information content (AvgIpc) is 3.31. The summed E-state index contributed by atoms with van der Waals surface area (Å²) < 4.78 is 48.1. The Labute approximate surface area is 164 Å². The van der Waals surface area contributed by atoms with E-state index < -0.39 is 12.5 Å². The molecule has 1 aromatic heterocycles. The van der Waals surface area contributed by atoms with E-state index in [1.54, 1.807) is 10.9 Å². The van der Waals surface area contributed by atoms with Gasteiger partial charge in [-0.3, -0.25) is 9.67 Å². The van der Waals surface area contributed by atoms with Gasteiger partial charge in [-0.2, -0.15) is 5.10 Å². The number of alkyl halides is 3. The van der Waals surface area contributed by atoms with Gasteiger partial charge in [-0.15, -0.1) is 13.2 Å². The van der Waals surface area contributed by atoms with Gasteiger partial charge in [-0.05, 0) is 29.8 Å². The third kappa shape index (κ3) is 4.76. The summed E-state index contributed by atoms with van der Waals surface area (Å²) in [6, 6.07) is 5.50. The van der Waals surface area contributed by atoms with Crippen molar-refractivity contribution in [2.75, 3.05) is 6.54 Å². The Morgan fingerprint density at radius 3 is 2.62 bits per heavy atom. The van der Waals surface area contributed by atoms with Crippen molar-refractivity contribution in [3.05, 3.63) is 59.9 Å². The zero-order valence-corrected chi connectivity index (χ0v) is 15.3. The molecular formula is C19H17F3N4O3. The maximum absolute atomic E-state index is 12.2. The lowest BCUT2D eigenvalue weighted by molar-refractivity contribution is -0.274. The summed E-state index contributed by atoms with van der Waals surface area (Å²) in [6.07, 6.45) is 2.37. The SMILES string of the molecule is Cn1cc(C2=NCC(OC3=NOC(c4ccc(OC(F)(F)F)cc4)C3)C=C2)cn1. The third-order valence-corrected chi connectivity index (χ3v) is 4.33. The van der Waals surface area contributed by atoms with Gasteiger partial charge in [-0.25, -0.2) is 0 Å². The molecule has 0 aliphatic carbocycles. The summed E-state index contributed by atoms with van der Waals surface area (Å²) in [7, 11) is 1.84. The van der Waals surface area contributed by atoms with Gasteiger partial charge < -0.3 is 14.3 Å². The molecule has 2 atom stereocenters. The Balaban J connectivity index is 1.29. The van der Waals surface area contributed by atoms with E-state index in [2.05, 4.69) is 20.0 Å². The van der Waals surface area contributed by atoms with Crippen LogP contribution in [0.15, 0.2) is 59.0 Å². The van der Waals surface area contributed by atoms with Crippen LogP contribution in [0.3, 0.4) is 0 Å².